The zero-order chi connectivity index (χ0) is 15.4. The van der Waals surface area contributed by atoms with Crippen molar-refractivity contribution in [1.82, 2.24) is 4.98 Å². The van der Waals surface area contributed by atoms with Gasteiger partial charge in [0.25, 0.3) is 5.69 Å². The van der Waals surface area contributed by atoms with Gasteiger partial charge in [-0.15, -0.1) is 0 Å². The molecule has 0 aliphatic carbocycles. The van der Waals surface area contributed by atoms with Crippen molar-refractivity contribution in [2.24, 2.45) is 0 Å². The number of aromatic carboxylic acids is 1. The first-order valence-electron chi connectivity index (χ1n) is 6.17. The van der Waals surface area contributed by atoms with Crippen LogP contribution in [-0.4, -0.2) is 21.0 Å². The molecule has 7 nitrogen and oxygen atoms in total. The molecule has 0 radical (unpaired) electrons. The lowest BCUT2D eigenvalue weighted by molar-refractivity contribution is -0.385. The second-order valence-electron chi connectivity index (χ2n) is 4.45. The first-order chi connectivity index (χ1) is 9.99. The minimum atomic E-state index is -1.33. The molecule has 2 N–H and O–H groups in total. The molecule has 0 aliphatic rings. The smallest absolute Gasteiger partial charge is 0.342 e. The number of nitrogens with one attached hydrogen (secondary N) is 1. The quantitative estimate of drug-likeness (QED) is 0.647. The highest BCUT2D eigenvalue weighted by Gasteiger charge is 2.20. The molecule has 1 unspecified atom stereocenters. The summed E-state index contributed by atoms with van der Waals surface area (Å²) in [6.07, 6.45) is 3.35. The van der Waals surface area contributed by atoms with Crippen molar-refractivity contribution in [1.29, 1.82) is 0 Å². The Morgan fingerprint density at radius 2 is 2.19 bits per heavy atom. The Labute approximate surface area is 120 Å². The summed E-state index contributed by atoms with van der Waals surface area (Å²) in [4.78, 5) is 25.2. The number of carboxylic acid groups (broad SMARTS) is 1. The summed E-state index contributed by atoms with van der Waals surface area (Å²) in [7, 11) is 0. The van der Waals surface area contributed by atoms with Crippen LogP contribution in [0.4, 0.5) is 11.4 Å². The molecule has 7 heteroatoms. The van der Waals surface area contributed by atoms with Crippen LogP contribution in [0.5, 0.6) is 0 Å². The van der Waals surface area contributed by atoms with E-state index in [9.17, 15) is 14.9 Å². The number of nitro benzene ring substituents is 1. The third-order valence-corrected chi connectivity index (χ3v) is 2.99. The molecule has 0 aliphatic heterocycles. The molecule has 0 spiro atoms. The van der Waals surface area contributed by atoms with Crippen LogP contribution in [0.3, 0.4) is 0 Å². The van der Waals surface area contributed by atoms with E-state index >= 15 is 0 Å². The predicted octanol–water partition coefficient (Wildman–Crippen LogP) is 2.86. The fraction of sp³-hybridized carbons (Fsp3) is 0.143. The molecule has 1 heterocycles. The van der Waals surface area contributed by atoms with Gasteiger partial charge in [0.1, 0.15) is 5.56 Å². The van der Waals surface area contributed by atoms with E-state index in [0.29, 0.717) is 5.69 Å². The maximum absolute atomic E-state index is 10.9. The third kappa shape index (κ3) is 3.33. The molecule has 0 amide bonds. The number of carboxylic acids is 1. The molecule has 2 aromatic rings. The van der Waals surface area contributed by atoms with Gasteiger partial charge in [-0.2, -0.15) is 0 Å². The SMILES string of the molecule is CC(Nc1ccc(C(=O)O)c([N+](=O)[O-])c1)c1cccnc1. The van der Waals surface area contributed by atoms with Crippen LogP contribution in [0.15, 0.2) is 42.7 Å². The molecule has 1 aromatic carbocycles. The number of rotatable bonds is 5. The fourth-order valence-electron chi connectivity index (χ4n) is 1.92. The van der Waals surface area contributed by atoms with Gasteiger partial charge in [-0.05, 0) is 30.7 Å². The predicted molar refractivity (Wildman–Crippen MR) is 76.3 cm³/mol. The fourth-order valence-corrected chi connectivity index (χ4v) is 1.92. The Morgan fingerprint density at radius 3 is 2.76 bits per heavy atom. The topological polar surface area (TPSA) is 105 Å². The Balaban J connectivity index is 2.27. The summed E-state index contributed by atoms with van der Waals surface area (Å²) in [6, 6.07) is 7.50. The molecular formula is C14H13N3O4. The highest BCUT2D eigenvalue weighted by atomic mass is 16.6. The lowest BCUT2D eigenvalue weighted by atomic mass is 10.1. The van der Waals surface area contributed by atoms with Crippen molar-refractivity contribution in [3.05, 3.63) is 64.0 Å². The number of nitro groups is 1. The van der Waals surface area contributed by atoms with Crippen molar-refractivity contribution in [3.8, 4) is 0 Å². The Morgan fingerprint density at radius 1 is 1.43 bits per heavy atom. The van der Waals surface area contributed by atoms with Crippen molar-refractivity contribution >= 4 is 17.3 Å². The Hall–Kier alpha value is -2.96. The maximum atomic E-state index is 10.9. The number of aromatic nitrogens is 1. The first kappa shape index (κ1) is 14.4. The second kappa shape index (κ2) is 6.00. The molecule has 21 heavy (non-hydrogen) atoms. The van der Waals surface area contributed by atoms with Gasteiger partial charge in [-0.1, -0.05) is 6.07 Å². The Kier molecular flexibility index (Phi) is 4.13. The highest BCUT2D eigenvalue weighted by Crippen LogP contribution is 2.26. The van der Waals surface area contributed by atoms with E-state index in [1.165, 1.54) is 18.2 Å². The Bertz CT molecular complexity index is 673. The van der Waals surface area contributed by atoms with Gasteiger partial charge >= 0.3 is 5.97 Å². The van der Waals surface area contributed by atoms with E-state index in [4.69, 9.17) is 5.11 Å². The minimum absolute atomic E-state index is 0.117. The van der Waals surface area contributed by atoms with Gasteiger partial charge < -0.3 is 10.4 Å². The number of benzene rings is 1. The van der Waals surface area contributed by atoms with Gasteiger partial charge in [0.05, 0.1) is 11.0 Å². The summed E-state index contributed by atoms with van der Waals surface area (Å²) >= 11 is 0. The standard InChI is InChI=1S/C14H13N3O4/c1-9(10-3-2-6-15-8-10)16-11-4-5-12(14(18)19)13(7-11)17(20)21/h2-9,16H,1H3,(H,18,19). The van der Waals surface area contributed by atoms with Gasteiger partial charge in [-0.25, -0.2) is 4.79 Å². The molecule has 108 valence electrons. The van der Waals surface area contributed by atoms with Crippen LogP contribution in [0.25, 0.3) is 0 Å². The molecule has 0 bridgehead atoms. The van der Waals surface area contributed by atoms with Gasteiger partial charge in [0, 0.05) is 24.1 Å². The summed E-state index contributed by atoms with van der Waals surface area (Å²) in [6.45, 7) is 1.88. The van der Waals surface area contributed by atoms with Crippen molar-refractivity contribution in [3.63, 3.8) is 0 Å². The highest BCUT2D eigenvalue weighted by molar-refractivity contribution is 5.93. The van der Waals surface area contributed by atoms with E-state index < -0.39 is 16.6 Å². The van der Waals surface area contributed by atoms with Crippen LogP contribution in [0.1, 0.15) is 28.9 Å². The number of carbonyl (C=O) groups is 1. The average Bonchev–Trinajstić information content (AvgIpc) is 2.47. The van der Waals surface area contributed by atoms with Crippen LogP contribution in [-0.2, 0) is 0 Å². The van der Waals surface area contributed by atoms with Crippen molar-refractivity contribution < 1.29 is 14.8 Å². The van der Waals surface area contributed by atoms with E-state index in [-0.39, 0.29) is 11.6 Å². The normalized spacial score (nSPS) is 11.7. The maximum Gasteiger partial charge on any atom is 0.342 e. The van der Waals surface area contributed by atoms with E-state index in [2.05, 4.69) is 10.3 Å². The zero-order valence-corrected chi connectivity index (χ0v) is 11.2. The summed E-state index contributed by atoms with van der Waals surface area (Å²) in [5.41, 5.74) is 0.621. The minimum Gasteiger partial charge on any atom is -0.477 e. The van der Waals surface area contributed by atoms with E-state index in [1.807, 2.05) is 13.0 Å². The van der Waals surface area contributed by atoms with Crippen LogP contribution < -0.4 is 5.32 Å². The second-order valence-corrected chi connectivity index (χ2v) is 4.45. The van der Waals surface area contributed by atoms with Gasteiger partial charge in [-0.3, -0.25) is 15.1 Å². The molecular weight excluding hydrogens is 274 g/mol. The molecule has 0 saturated carbocycles. The first-order valence-corrected chi connectivity index (χ1v) is 6.17. The summed E-state index contributed by atoms with van der Waals surface area (Å²) < 4.78 is 0. The largest absolute Gasteiger partial charge is 0.477 e. The van der Waals surface area contributed by atoms with E-state index in [0.717, 1.165) is 5.56 Å². The van der Waals surface area contributed by atoms with Gasteiger partial charge in [0.15, 0.2) is 0 Å². The molecule has 0 fully saturated rings. The van der Waals surface area contributed by atoms with Crippen LogP contribution >= 0.6 is 0 Å². The number of pyridine rings is 1. The molecule has 1 aromatic heterocycles. The zero-order valence-electron chi connectivity index (χ0n) is 11.2. The number of anilines is 1. The molecule has 1 atom stereocenters. The number of nitrogens with zero attached hydrogens (tertiary/aromatic N) is 2. The lowest BCUT2D eigenvalue weighted by Crippen LogP contribution is -2.08. The monoisotopic (exact) mass is 287 g/mol. The van der Waals surface area contributed by atoms with E-state index in [1.54, 1.807) is 18.5 Å². The number of hydrogen-bond acceptors (Lipinski definition) is 5. The van der Waals surface area contributed by atoms with Crippen molar-refractivity contribution in [2.45, 2.75) is 13.0 Å². The third-order valence-electron chi connectivity index (χ3n) is 2.99. The van der Waals surface area contributed by atoms with Crippen molar-refractivity contribution in [2.75, 3.05) is 5.32 Å². The molecule has 0 saturated heterocycles. The molecule has 2 rings (SSSR count). The van der Waals surface area contributed by atoms with Crippen LogP contribution in [0.2, 0.25) is 0 Å². The summed E-state index contributed by atoms with van der Waals surface area (Å²) in [5, 5.41) is 23.0. The van der Waals surface area contributed by atoms with Gasteiger partial charge in [0.2, 0.25) is 0 Å². The summed E-state index contributed by atoms with van der Waals surface area (Å²) in [5.74, 6) is -1.33. The van der Waals surface area contributed by atoms with Crippen LogP contribution in [0, 0.1) is 10.1 Å². The lowest BCUT2D eigenvalue weighted by Gasteiger charge is -2.15. The average molecular weight is 287 g/mol. The number of hydrogen-bond donors (Lipinski definition) is 2.